The molecule has 3 rings (SSSR count). The maximum atomic E-state index is 5.73. The van der Waals surface area contributed by atoms with E-state index in [4.69, 9.17) is 14.5 Å². The Morgan fingerprint density at radius 2 is 2.03 bits per heavy atom. The summed E-state index contributed by atoms with van der Waals surface area (Å²) < 4.78 is 11.3. The zero-order chi connectivity index (χ0) is 19.7. The Balaban J connectivity index is 0.00000300. The fourth-order valence-electron chi connectivity index (χ4n) is 3.82. The normalized spacial score (nSPS) is 22.8. The molecular weight excluding hydrogens is 499 g/mol. The van der Waals surface area contributed by atoms with E-state index in [2.05, 4.69) is 40.3 Å². The molecule has 29 heavy (non-hydrogen) atoms. The molecule has 2 saturated heterocycles. The lowest BCUT2D eigenvalue weighted by Gasteiger charge is -2.43. The predicted octanol–water partition coefficient (Wildman–Crippen LogP) is 2.97. The van der Waals surface area contributed by atoms with E-state index < -0.39 is 0 Å². The molecule has 0 amide bonds. The molecule has 6 nitrogen and oxygen atoms in total. The third-order valence-corrected chi connectivity index (χ3v) is 6.61. The van der Waals surface area contributed by atoms with Crippen molar-refractivity contribution in [1.82, 2.24) is 15.5 Å². The Labute approximate surface area is 196 Å². The standard InChI is InChI=1S/C21H34N4O2S.HI/c1-3-22-20(23-15-18-7-5-6-8-19(18)27-4-2)24-16-21(9-14-28-17-21)25-10-12-26-13-11-25;/h5-8H,3-4,9-17H2,1-2H3,(H2,22,23,24);1H. The number of hydrogen-bond acceptors (Lipinski definition) is 5. The fraction of sp³-hybridized carbons (Fsp3) is 0.667. The van der Waals surface area contributed by atoms with Crippen molar-refractivity contribution in [3.8, 4) is 5.75 Å². The van der Waals surface area contributed by atoms with Crippen LogP contribution in [0.5, 0.6) is 5.75 Å². The highest BCUT2D eigenvalue weighted by atomic mass is 127. The molecule has 0 saturated carbocycles. The first-order valence-corrected chi connectivity index (χ1v) is 11.6. The van der Waals surface area contributed by atoms with Gasteiger partial charge in [-0.25, -0.2) is 4.99 Å². The number of morpholine rings is 1. The highest BCUT2D eigenvalue weighted by Crippen LogP contribution is 2.33. The van der Waals surface area contributed by atoms with Crippen LogP contribution in [0.2, 0.25) is 0 Å². The number of benzene rings is 1. The lowest BCUT2D eigenvalue weighted by atomic mass is 9.95. The van der Waals surface area contributed by atoms with Crippen molar-refractivity contribution < 1.29 is 9.47 Å². The van der Waals surface area contributed by atoms with Crippen LogP contribution in [-0.2, 0) is 11.3 Å². The quantitative estimate of drug-likeness (QED) is 0.304. The topological polar surface area (TPSA) is 58.1 Å². The van der Waals surface area contributed by atoms with Crippen molar-refractivity contribution in [2.45, 2.75) is 32.4 Å². The van der Waals surface area contributed by atoms with Gasteiger partial charge in [0.2, 0.25) is 0 Å². The zero-order valence-electron chi connectivity index (χ0n) is 17.6. The van der Waals surface area contributed by atoms with Crippen molar-refractivity contribution in [1.29, 1.82) is 0 Å². The molecule has 1 aromatic rings. The summed E-state index contributed by atoms with van der Waals surface area (Å²) in [6.45, 7) is 10.9. The smallest absolute Gasteiger partial charge is 0.191 e. The van der Waals surface area contributed by atoms with Gasteiger partial charge in [-0.15, -0.1) is 24.0 Å². The Morgan fingerprint density at radius 3 is 2.72 bits per heavy atom. The van der Waals surface area contributed by atoms with Crippen LogP contribution in [0.25, 0.3) is 0 Å². The first kappa shape index (κ1) is 24.6. The number of hydrogen-bond donors (Lipinski definition) is 2. The molecule has 1 atom stereocenters. The van der Waals surface area contributed by atoms with Gasteiger partial charge in [-0.1, -0.05) is 18.2 Å². The Hall–Kier alpha value is -0.710. The maximum Gasteiger partial charge on any atom is 0.191 e. The minimum atomic E-state index is 0. The van der Waals surface area contributed by atoms with Crippen LogP contribution in [0.15, 0.2) is 29.3 Å². The molecule has 2 fully saturated rings. The minimum absolute atomic E-state index is 0. The van der Waals surface area contributed by atoms with Crippen LogP contribution >= 0.6 is 35.7 Å². The number of nitrogens with one attached hydrogen (secondary N) is 2. The number of aliphatic imine (C=N–C) groups is 1. The summed E-state index contributed by atoms with van der Waals surface area (Å²) in [6, 6.07) is 8.14. The van der Waals surface area contributed by atoms with Gasteiger partial charge in [0.1, 0.15) is 5.75 Å². The van der Waals surface area contributed by atoms with Crippen LogP contribution in [-0.4, -0.2) is 73.9 Å². The average molecular weight is 535 g/mol. The number of para-hydroxylation sites is 1. The van der Waals surface area contributed by atoms with Crippen molar-refractivity contribution in [3.05, 3.63) is 29.8 Å². The molecule has 2 heterocycles. The van der Waals surface area contributed by atoms with Crippen molar-refractivity contribution in [3.63, 3.8) is 0 Å². The first-order valence-electron chi connectivity index (χ1n) is 10.4. The lowest BCUT2D eigenvalue weighted by molar-refractivity contribution is -0.0120. The van der Waals surface area contributed by atoms with Gasteiger partial charge in [-0.05, 0) is 32.1 Å². The number of nitrogens with zero attached hydrogens (tertiary/aromatic N) is 2. The van der Waals surface area contributed by atoms with Gasteiger partial charge in [0.25, 0.3) is 0 Å². The molecular formula is C21H35IN4O2S. The van der Waals surface area contributed by atoms with E-state index in [0.29, 0.717) is 13.2 Å². The van der Waals surface area contributed by atoms with Crippen molar-refractivity contribution in [2.24, 2.45) is 4.99 Å². The second-order valence-corrected chi connectivity index (χ2v) is 8.32. The molecule has 0 aromatic heterocycles. The molecule has 2 aliphatic rings. The largest absolute Gasteiger partial charge is 0.494 e. The number of ether oxygens (including phenoxy) is 2. The van der Waals surface area contributed by atoms with Gasteiger partial charge in [0.05, 0.1) is 26.4 Å². The summed E-state index contributed by atoms with van der Waals surface area (Å²) in [6.07, 6.45) is 1.22. The van der Waals surface area contributed by atoms with E-state index in [-0.39, 0.29) is 29.5 Å². The molecule has 2 aliphatic heterocycles. The first-order chi connectivity index (χ1) is 13.8. The van der Waals surface area contributed by atoms with Crippen LogP contribution in [0.4, 0.5) is 0 Å². The number of thioether (sulfide) groups is 1. The molecule has 0 aliphatic carbocycles. The van der Waals surface area contributed by atoms with Gasteiger partial charge < -0.3 is 20.1 Å². The lowest BCUT2D eigenvalue weighted by Crippen LogP contribution is -2.60. The van der Waals surface area contributed by atoms with Gasteiger partial charge in [0, 0.05) is 43.0 Å². The average Bonchev–Trinajstić information content (AvgIpc) is 3.22. The maximum absolute atomic E-state index is 5.73. The van der Waals surface area contributed by atoms with Gasteiger partial charge in [0.15, 0.2) is 5.96 Å². The summed E-state index contributed by atoms with van der Waals surface area (Å²) in [5.41, 5.74) is 1.31. The highest BCUT2D eigenvalue weighted by molar-refractivity contribution is 14.0. The molecule has 1 aromatic carbocycles. The minimum Gasteiger partial charge on any atom is -0.494 e. The molecule has 0 spiro atoms. The summed E-state index contributed by atoms with van der Waals surface area (Å²) in [5, 5.41) is 7.02. The van der Waals surface area contributed by atoms with E-state index in [1.807, 2.05) is 25.1 Å². The fourth-order valence-corrected chi connectivity index (χ4v) is 5.30. The van der Waals surface area contributed by atoms with Gasteiger partial charge >= 0.3 is 0 Å². The van der Waals surface area contributed by atoms with E-state index in [0.717, 1.165) is 56.7 Å². The molecule has 2 N–H and O–H groups in total. The van der Waals surface area contributed by atoms with Crippen molar-refractivity contribution in [2.75, 3.05) is 57.5 Å². The number of rotatable bonds is 8. The van der Waals surface area contributed by atoms with Gasteiger partial charge in [-0.3, -0.25) is 4.90 Å². The van der Waals surface area contributed by atoms with Crippen LogP contribution in [0.3, 0.4) is 0 Å². The molecule has 0 radical (unpaired) electrons. The summed E-state index contributed by atoms with van der Waals surface area (Å²) >= 11 is 2.06. The summed E-state index contributed by atoms with van der Waals surface area (Å²) in [7, 11) is 0. The number of guanidine groups is 1. The zero-order valence-corrected chi connectivity index (χ0v) is 20.8. The highest BCUT2D eigenvalue weighted by Gasteiger charge is 2.40. The van der Waals surface area contributed by atoms with Gasteiger partial charge in [-0.2, -0.15) is 11.8 Å². The second-order valence-electron chi connectivity index (χ2n) is 7.22. The second kappa shape index (κ2) is 12.9. The predicted molar refractivity (Wildman–Crippen MR) is 133 cm³/mol. The van der Waals surface area contributed by atoms with Crippen LogP contribution < -0.4 is 15.4 Å². The van der Waals surface area contributed by atoms with E-state index in [1.54, 1.807) is 0 Å². The molecule has 0 bridgehead atoms. The van der Waals surface area contributed by atoms with Crippen LogP contribution in [0, 0.1) is 0 Å². The molecule has 164 valence electrons. The summed E-state index contributed by atoms with van der Waals surface area (Å²) in [5.74, 6) is 4.20. The number of halogens is 1. The monoisotopic (exact) mass is 534 g/mol. The third-order valence-electron chi connectivity index (χ3n) is 5.37. The molecule has 1 unspecified atom stereocenters. The Kier molecular flexibility index (Phi) is 10.9. The van der Waals surface area contributed by atoms with Crippen molar-refractivity contribution >= 4 is 41.7 Å². The van der Waals surface area contributed by atoms with Crippen LogP contribution in [0.1, 0.15) is 25.8 Å². The third kappa shape index (κ3) is 6.90. The van der Waals surface area contributed by atoms with E-state index in [1.165, 1.54) is 17.9 Å². The van der Waals surface area contributed by atoms with E-state index >= 15 is 0 Å². The molecule has 8 heteroatoms. The Morgan fingerprint density at radius 1 is 1.24 bits per heavy atom. The van der Waals surface area contributed by atoms with E-state index in [9.17, 15) is 0 Å². The summed E-state index contributed by atoms with van der Waals surface area (Å²) in [4.78, 5) is 7.45. The Bertz CT molecular complexity index is 635. The SMILES string of the molecule is CCNC(=NCc1ccccc1OCC)NCC1(N2CCOCC2)CCSC1.I.